The number of nitro groups is 1. The van der Waals surface area contributed by atoms with Crippen molar-refractivity contribution in [2.45, 2.75) is 38.3 Å². The van der Waals surface area contributed by atoms with Crippen molar-refractivity contribution in [1.29, 1.82) is 0 Å². The zero-order chi connectivity index (χ0) is 18.7. The van der Waals surface area contributed by atoms with Crippen LogP contribution < -0.4 is 11.1 Å². The fourth-order valence-electron chi connectivity index (χ4n) is 3.34. The molecule has 1 aromatic heterocycles. The molecule has 1 aliphatic rings. The highest BCUT2D eigenvalue weighted by atomic mass is 35.5. The molecule has 2 aromatic rings. The molecule has 1 N–H and O–H groups in total. The number of hydrogen-bond donors (Lipinski definition) is 1. The molecule has 0 unspecified atom stereocenters. The lowest BCUT2D eigenvalue weighted by molar-refractivity contribution is -0.384. The fourth-order valence-corrected chi connectivity index (χ4v) is 3.34. The predicted octanol–water partition coefficient (Wildman–Crippen LogP) is 1.92. The number of fused-ring (bicyclic) bond motifs is 1. The van der Waals surface area contributed by atoms with Crippen molar-refractivity contribution in [3.63, 3.8) is 0 Å². The number of carbonyl (C=O) groups excluding carboxylic acids is 1. The highest BCUT2D eigenvalue weighted by molar-refractivity contribution is 5.85. The van der Waals surface area contributed by atoms with E-state index in [1.807, 2.05) is 7.05 Å². The maximum Gasteiger partial charge on any atom is 0.419 e. The van der Waals surface area contributed by atoms with Crippen LogP contribution in [0.5, 0.6) is 0 Å². The Morgan fingerprint density at radius 1 is 1.41 bits per heavy atom. The minimum Gasteiger partial charge on any atom is -0.407 e. The summed E-state index contributed by atoms with van der Waals surface area (Å²) in [5, 5.41) is 14.1. The van der Waals surface area contributed by atoms with E-state index in [9.17, 15) is 19.7 Å². The van der Waals surface area contributed by atoms with Gasteiger partial charge in [-0.25, -0.2) is 4.79 Å². The third-order valence-electron chi connectivity index (χ3n) is 4.88. The summed E-state index contributed by atoms with van der Waals surface area (Å²) in [5.41, 5.74) is 0.555. The number of aromatic nitrogens is 1. The van der Waals surface area contributed by atoms with Gasteiger partial charge in [-0.3, -0.25) is 19.5 Å². The van der Waals surface area contributed by atoms with Crippen LogP contribution in [0, 0.1) is 10.1 Å². The lowest BCUT2D eigenvalue weighted by Gasteiger charge is -2.31. The zero-order valence-electron chi connectivity index (χ0n) is 15.1. The number of nitro benzene ring substituents is 1. The molecule has 0 aliphatic carbocycles. The van der Waals surface area contributed by atoms with Crippen molar-refractivity contribution < 1.29 is 14.1 Å². The Morgan fingerprint density at radius 2 is 2.11 bits per heavy atom. The lowest BCUT2D eigenvalue weighted by Crippen LogP contribution is -2.43. The molecule has 10 heteroatoms. The van der Waals surface area contributed by atoms with Gasteiger partial charge in [-0.2, -0.15) is 0 Å². The summed E-state index contributed by atoms with van der Waals surface area (Å²) in [7, 11) is 1.83. The molecule has 1 aromatic carbocycles. The molecule has 1 aliphatic heterocycles. The van der Waals surface area contributed by atoms with Crippen LogP contribution in [-0.2, 0) is 11.3 Å². The smallest absolute Gasteiger partial charge is 0.407 e. The third-order valence-corrected chi connectivity index (χ3v) is 4.88. The highest BCUT2D eigenvalue weighted by Crippen LogP contribution is 2.20. The molecule has 1 saturated heterocycles. The zero-order valence-corrected chi connectivity index (χ0v) is 15.9. The van der Waals surface area contributed by atoms with Crippen LogP contribution >= 0.6 is 12.4 Å². The normalized spacial score (nSPS) is 14.7. The number of piperidine rings is 1. The van der Waals surface area contributed by atoms with Gasteiger partial charge in [0.2, 0.25) is 5.91 Å². The third kappa shape index (κ3) is 4.67. The van der Waals surface area contributed by atoms with Crippen molar-refractivity contribution in [3.8, 4) is 0 Å². The first kappa shape index (κ1) is 20.9. The average Bonchev–Trinajstić information content (AvgIpc) is 2.96. The molecule has 1 fully saturated rings. The van der Waals surface area contributed by atoms with Gasteiger partial charge in [-0.1, -0.05) is 0 Å². The number of aryl methyl sites for hydroxylation is 1. The average molecular weight is 399 g/mol. The fraction of sp³-hybridized carbons (Fsp3) is 0.529. The summed E-state index contributed by atoms with van der Waals surface area (Å²) in [6, 6.07) is 4.34. The SMILES string of the molecule is CN(C(=O)CCCn1c(=O)oc2cc([N+](=O)[O-])ccc21)C1CCNCC1.Cl. The van der Waals surface area contributed by atoms with E-state index in [0.717, 1.165) is 25.9 Å². The van der Waals surface area contributed by atoms with Crippen LogP contribution in [0.2, 0.25) is 0 Å². The number of hydrogen-bond acceptors (Lipinski definition) is 6. The monoisotopic (exact) mass is 398 g/mol. The summed E-state index contributed by atoms with van der Waals surface area (Å²) in [5.74, 6) is -0.506. The van der Waals surface area contributed by atoms with Crippen molar-refractivity contribution in [2.24, 2.45) is 0 Å². The molecular weight excluding hydrogens is 376 g/mol. The molecule has 2 heterocycles. The number of halogens is 1. The van der Waals surface area contributed by atoms with Crippen LogP contribution in [0.25, 0.3) is 11.1 Å². The second kappa shape index (κ2) is 9.01. The Balaban J connectivity index is 0.00000261. The Kier molecular flexibility index (Phi) is 6.98. The summed E-state index contributed by atoms with van der Waals surface area (Å²) in [6.45, 7) is 2.17. The number of nitrogens with one attached hydrogen (secondary N) is 1. The maximum absolute atomic E-state index is 12.4. The van der Waals surface area contributed by atoms with Gasteiger partial charge < -0.3 is 14.6 Å². The molecule has 9 nitrogen and oxygen atoms in total. The summed E-state index contributed by atoms with van der Waals surface area (Å²) in [4.78, 5) is 36.4. The molecule has 148 valence electrons. The van der Waals surface area contributed by atoms with Gasteiger partial charge in [0.1, 0.15) is 0 Å². The largest absolute Gasteiger partial charge is 0.419 e. The first-order valence-electron chi connectivity index (χ1n) is 8.71. The van der Waals surface area contributed by atoms with E-state index in [1.165, 1.54) is 22.8 Å². The topological polar surface area (TPSA) is 111 Å². The quantitative estimate of drug-likeness (QED) is 0.587. The van der Waals surface area contributed by atoms with Gasteiger partial charge in [0, 0.05) is 32.1 Å². The van der Waals surface area contributed by atoms with E-state index in [0.29, 0.717) is 24.9 Å². The number of oxazole rings is 1. The van der Waals surface area contributed by atoms with Gasteiger partial charge in [0.05, 0.1) is 16.5 Å². The molecule has 0 radical (unpaired) electrons. The van der Waals surface area contributed by atoms with Crippen LogP contribution in [-0.4, -0.2) is 46.5 Å². The second-order valence-electron chi connectivity index (χ2n) is 6.52. The van der Waals surface area contributed by atoms with Gasteiger partial charge in [0.25, 0.3) is 5.69 Å². The molecule has 0 bridgehead atoms. The molecule has 3 rings (SSSR count). The number of amides is 1. The number of nitrogens with zero attached hydrogens (tertiary/aromatic N) is 3. The molecule has 0 spiro atoms. The Labute approximate surface area is 161 Å². The van der Waals surface area contributed by atoms with Crippen LogP contribution in [0.15, 0.2) is 27.4 Å². The second-order valence-corrected chi connectivity index (χ2v) is 6.52. The Bertz CT molecular complexity index is 872. The molecule has 0 atom stereocenters. The van der Waals surface area contributed by atoms with Crippen LogP contribution in [0.1, 0.15) is 25.7 Å². The molecular formula is C17H23ClN4O5. The molecule has 0 saturated carbocycles. The van der Waals surface area contributed by atoms with Gasteiger partial charge in [0.15, 0.2) is 5.58 Å². The van der Waals surface area contributed by atoms with Crippen molar-refractivity contribution >= 4 is 35.1 Å². The molecule has 27 heavy (non-hydrogen) atoms. The number of rotatable bonds is 6. The van der Waals surface area contributed by atoms with Gasteiger partial charge in [-0.05, 0) is 38.4 Å². The number of carbonyl (C=O) groups is 1. The van der Waals surface area contributed by atoms with E-state index in [4.69, 9.17) is 4.42 Å². The number of non-ortho nitro benzene ring substituents is 1. The van der Waals surface area contributed by atoms with E-state index in [2.05, 4.69) is 5.32 Å². The first-order chi connectivity index (χ1) is 12.5. The Hall–Kier alpha value is -2.39. The summed E-state index contributed by atoms with van der Waals surface area (Å²) in [6.07, 6.45) is 2.74. The highest BCUT2D eigenvalue weighted by Gasteiger charge is 2.21. The van der Waals surface area contributed by atoms with Gasteiger partial charge in [-0.15, -0.1) is 12.4 Å². The lowest BCUT2D eigenvalue weighted by atomic mass is 10.0. The first-order valence-corrected chi connectivity index (χ1v) is 8.71. The standard InChI is InChI=1S/C17H22N4O5.ClH/c1-19(12-6-8-18-9-7-12)16(22)3-2-10-20-14-5-4-13(21(24)25)11-15(14)26-17(20)23;/h4-5,11-12,18H,2-3,6-10H2,1H3;1H. The van der Waals surface area contributed by atoms with E-state index in [1.54, 1.807) is 4.90 Å². The maximum atomic E-state index is 12.4. The van der Waals surface area contributed by atoms with Crippen molar-refractivity contribution in [3.05, 3.63) is 38.9 Å². The minimum atomic E-state index is -0.570. The summed E-state index contributed by atoms with van der Waals surface area (Å²) < 4.78 is 6.50. The van der Waals surface area contributed by atoms with Crippen molar-refractivity contribution in [1.82, 2.24) is 14.8 Å². The van der Waals surface area contributed by atoms with Crippen LogP contribution in [0.3, 0.4) is 0 Å². The van der Waals surface area contributed by atoms with Gasteiger partial charge >= 0.3 is 5.76 Å². The summed E-state index contributed by atoms with van der Waals surface area (Å²) >= 11 is 0. The molecule has 1 amide bonds. The predicted molar refractivity (Wildman–Crippen MR) is 102 cm³/mol. The Morgan fingerprint density at radius 3 is 2.78 bits per heavy atom. The van der Waals surface area contributed by atoms with Crippen molar-refractivity contribution in [2.75, 3.05) is 20.1 Å². The van der Waals surface area contributed by atoms with E-state index >= 15 is 0 Å². The van der Waals surface area contributed by atoms with E-state index < -0.39 is 10.7 Å². The van der Waals surface area contributed by atoms with E-state index in [-0.39, 0.29) is 35.6 Å². The minimum absolute atomic E-state index is 0. The van der Waals surface area contributed by atoms with Crippen LogP contribution in [0.4, 0.5) is 5.69 Å². The number of benzene rings is 1.